The van der Waals surface area contributed by atoms with Crippen molar-refractivity contribution in [1.82, 2.24) is 0 Å². The van der Waals surface area contributed by atoms with Gasteiger partial charge in [0.2, 0.25) is 0 Å². The van der Waals surface area contributed by atoms with Crippen LogP contribution in [0, 0.1) is 18.3 Å². The molecule has 4 heteroatoms. The van der Waals surface area contributed by atoms with Gasteiger partial charge in [-0.3, -0.25) is 0 Å². The van der Waals surface area contributed by atoms with Crippen molar-refractivity contribution in [3.8, 4) is 6.07 Å². The molecular formula is C15H12N2O2. The van der Waals surface area contributed by atoms with Crippen LogP contribution in [0.5, 0.6) is 0 Å². The van der Waals surface area contributed by atoms with Crippen LogP contribution >= 0.6 is 0 Å². The Morgan fingerprint density at radius 3 is 2.58 bits per heavy atom. The molecule has 0 aromatic heterocycles. The molecule has 0 unspecified atom stereocenters. The highest BCUT2D eigenvalue weighted by Gasteiger charge is 2.04. The summed E-state index contributed by atoms with van der Waals surface area (Å²) in [6, 6.07) is 14.1. The quantitative estimate of drug-likeness (QED) is 0.878. The zero-order valence-corrected chi connectivity index (χ0v) is 10.3. The van der Waals surface area contributed by atoms with Crippen LogP contribution in [0.15, 0.2) is 42.5 Å². The standard InChI is InChI=1S/C15H12N2O2/c1-10-7-14(6-5-12(10)9-16)17-13-4-2-3-11(8-13)15(18)19/h2-8,17H,1H3,(H,18,19). The molecule has 0 saturated carbocycles. The Morgan fingerprint density at radius 1 is 1.21 bits per heavy atom. The minimum Gasteiger partial charge on any atom is -0.478 e. The number of nitriles is 1. The largest absolute Gasteiger partial charge is 0.478 e. The highest BCUT2D eigenvalue weighted by Crippen LogP contribution is 2.20. The van der Waals surface area contributed by atoms with E-state index in [0.717, 1.165) is 11.3 Å². The molecule has 2 rings (SSSR count). The Kier molecular flexibility index (Phi) is 3.48. The lowest BCUT2D eigenvalue weighted by atomic mass is 10.1. The molecule has 0 saturated heterocycles. The first kappa shape index (κ1) is 12.7. The van der Waals surface area contributed by atoms with Crippen LogP contribution in [0.2, 0.25) is 0 Å². The molecule has 19 heavy (non-hydrogen) atoms. The van der Waals surface area contributed by atoms with E-state index in [1.807, 2.05) is 13.0 Å². The number of aromatic carboxylic acids is 1. The normalized spacial score (nSPS) is 9.68. The predicted molar refractivity (Wildman–Crippen MR) is 72.6 cm³/mol. The molecule has 2 N–H and O–H groups in total. The molecule has 94 valence electrons. The first-order valence-corrected chi connectivity index (χ1v) is 5.71. The van der Waals surface area contributed by atoms with E-state index in [4.69, 9.17) is 10.4 Å². The minimum absolute atomic E-state index is 0.232. The smallest absolute Gasteiger partial charge is 0.335 e. The molecule has 0 fully saturated rings. The second kappa shape index (κ2) is 5.23. The van der Waals surface area contributed by atoms with Crippen molar-refractivity contribution >= 4 is 17.3 Å². The van der Waals surface area contributed by atoms with Gasteiger partial charge < -0.3 is 10.4 Å². The van der Waals surface area contributed by atoms with E-state index >= 15 is 0 Å². The summed E-state index contributed by atoms with van der Waals surface area (Å²) in [6.07, 6.45) is 0. The molecule has 0 atom stereocenters. The lowest BCUT2D eigenvalue weighted by molar-refractivity contribution is 0.0697. The SMILES string of the molecule is Cc1cc(Nc2cccc(C(=O)O)c2)ccc1C#N. The number of hydrogen-bond donors (Lipinski definition) is 2. The first-order chi connectivity index (χ1) is 9.10. The Bertz CT molecular complexity index is 672. The van der Waals surface area contributed by atoms with Crippen molar-refractivity contribution in [1.29, 1.82) is 5.26 Å². The maximum absolute atomic E-state index is 10.9. The van der Waals surface area contributed by atoms with Crippen LogP contribution in [-0.2, 0) is 0 Å². The zero-order chi connectivity index (χ0) is 13.8. The fourth-order valence-electron chi connectivity index (χ4n) is 1.76. The number of rotatable bonds is 3. The molecule has 2 aromatic rings. The van der Waals surface area contributed by atoms with E-state index in [-0.39, 0.29) is 5.56 Å². The van der Waals surface area contributed by atoms with Crippen LogP contribution in [0.4, 0.5) is 11.4 Å². The summed E-state index contributed by atoms with van der Waals surface area (Å²) in [6.45, 7) is 1.86. The van der Waals surface area contributed by atoms with E-state index in [0.29, 0.717) is 11.3 Å². The van der Waals surface area contributed by atoms with E-state index in [1.165, 1.54) is 6.07 Å². The van der Waals surface area contributed by atoms with Gasteiger partial charge >= 0.3 is 5.97 Å². The van der Waals surface area contributed by atoms with Gasteiger partial charge in [-0.25, -0.2) is 4.79 Å². The number of benzene rings is 2. The van der Waals surface area contributed by atoms with Crippen molar-refractivity contribution in [3.63, 3.8) is 0 Å². The number of carbonyl (C=O) groups is 1. The molecule has 0 aliphatic heterocycles. The maximum Gasteiger partial charge on any atom is 0.335 e. The third kappa shape index (κ3) is 2.90. The maximum atomic E-state index is 10.9. The van der Waals surface area contributed by atoms with Crippen LogP contribution in [0.25, 0.3) is 0 Å². The molecule has 0 aliphatic rings. The fraction of sp³-hybridized carbons (Fsp3) is 0.0667. The molecule has 0 aliphatic carbocycles. The van der Waals surface area contributed by atoms with Crippen molar-refractivity contribution in [2.75, 3.05) is 5.32 Å². The van der Waals surface area contributed by atoms with E-state index < -0.39 is 5.97 Å². The number of anilines is 2. The second-order valence-electron chi connectivity index (χ2n) is 4.15. The third-order valence-electron chi connectivity index (χ3n) is 2.75. The predicted octanol–water partition coefficient (Wildman–Crippen LogP) is 3.31. The number of carboxylic acid groups (broad SMARTS) is 1. The van der Waals surface area contributed by atoms with Gasteiger partial charge in [-0.2, -0.15) is 5.26 Å². The van der Waals surface area contributed by atoms with Gasteiger partial charge in [-0.1, -0.05) is 6.07 Å². The molecule has 4 nitrogen and oxygen atoms in total. The molecule has 2 aromatic carbocycles. The third-order valence-corrected chi connectivity index (χ3v) is 2.75. The van der Waals surface area contributed by atoms with Gasteiger partial charge in [0.15, 0.2) is 0 Å². The van der Waals surface area contributed by atoms with Gasteiger partial charge in [0.25, 0.3) is 0 Å². The highest BCUT2D eigenvalue weighted by atomic mass is 16.4. The summed E-state index contributed by atoms with van der Waals surface area (Å²) in [7, 11) is 0. The average molecular weight is 252 g/mol. The molecule has 0 bridgehead atoms. The molecule has 0 amide bonds. The summed E-state index contributed by atoms with van der Waals surface area (Å²) >= 11 is 0. The Morgan fingerprint density at radius 2 is 1.95 bits per heavy atom. The summed E-state index contributed by atoms with van der Waals surface area (Å²) in [4.78, 5) is 10.9. The minimum atomic E-state index is -0.959. The molecule has 0 heterocycles. The van der Waals surface area contributed by atoms with Crippen LogP contribution in [-0.4, -0.2) is 11.1 Å². The lowest BCUT2D eigenvalue weighted by Gasteiger charge is -2.08. The topological polar surface area (TPSA) is 73.1 Å². The van der Waals surface area contributed by atoms with Crippen molar-refractivity contribution in [2.45, 2.75) is 6.92 Å². The van der Waals surface area contributed by atoms with Gasteiger partial charge in [-0.15, -0.1) is 0 Å². The number of hydrogen-bond acceptors (Lipinski definition) is 3. The molecular weight excluding hydrogens is 240 g/mol. The van der Waals surface area contributed by atoms with Crippen LogP contribution < -0.4 is 5.32 Å². The number of carboxylic acids is 1. The summed E-state index contributed by atoms with van der Waals surface area (Å²) in [5, 5.41) is 20.9. The Balaban J connectivity index is 2.26. The van der Waals surface area contributed by atoms with E-state index in [9.17, 15) is 4.79 Å². The summed E-state index contributed by atoms with van der Waals surface area (Å²) in [5.74, 6) is -0.959. The van der Waals surface area contributed by atoms with E-state index in [2.05, 4.69) is 11.4 Å². The number of aryl methyl sites for hydroxylation is 1. The van der Waals surface area contributed by atoms with Gasteiger partial charge in [0, 0.05) is 11.4 Å². The van der Waals surface area contributed by atoms with Crippen LogP contribution in [0.1, 0.15) is 21.5 Å². The van der Waals surface area contributed by atoms with Crippen LogP contribution in [0.3, 0.4) is 0 Å². The number of nitrogens with one attached hydrogen (secondary N) is 1. The Labute approximate surface area is 110 Å². The lowest BCUT2D eigenvalue weighted by Crippen LogP contribution is -1.98. The van der Waals surface area contributed by atoms with Gasteiger partial charge in [-0.05, 0) is 48.9 Å². The molecule has 0 spiro atoms. The second-order valence-corrected chi connectivity index (χ2v) is 4.15. The number of nitrogens with zero attached hydrogens (tertiary/aromatic N) is 1. The Hall–Kier alpha value is -2.80. The van der Waals surface area contributed by atoms with Crippen molar-refractivity contribution in [3.05, 3.63) is 59.2 Å². The monoisotopic (exact) mass is 252 g/mol. The van der Waals surface area contributed by atoms with Crippen molar-refractivity contribution in [2.24, 2.45) is 0 Å². The van der Waals surface area contributed by atoms with E-state index in [1.54, 1.807) is 30.3 Å². The molecule has 0 radical (unpaired) electrons. The fourth-order valence-corrected chi connectivity index (χ4v) is 1.76. The highest BCUT2D eigenvalue weighted by molar-refractivity contribution is 5.89. The average Bonchev–Trinajstić information content (AvgIpc) is 2.39. The van der Waals surface area contributed by atoms with Gasteiger partial charge in [0.1, 0.15) is 0 Å². The zero-order valence-electron chi connectivity index (χ0n) is 10.3. The van der Waals surface area contributed by atoms with Crippen molar-refractivity contribution < 1.29 is 9.90 Å². The summed E-state index contributed by atoms with van der Waals surface area (Å²) in [5.41, 5.74) is 3.25. The first-order valence-electron chi connectivity index (χ1n) is 5.71. The van der Waals surface area contributed by atoms with Gasteiger partial charge in [0.05, 0.1) is 17.2 Å². The summed E-state index contributed by atoms with van der Waals surface area (Å²) < 4.78 is 0.